The summed E-state index contributed by atoms with van der Waals surface area (Å²) in [7, 11) is 0. The van der Waals surface area contributed by atoms with Crippen LogP contribution in [0.2, 0.25) is 0 Å². The van der Waals surface area contributed by atoms with Crippen LogP contribution < -0.4 is 4.84 Å². The molecule has 2 heterocycles. The van der Waals surface area contributed by atoms with Crippen molar-refractivity contribution in [1.29, 1.82) is 0 Å². The van der Waals surface area contributed by atoms with Crippen LogP contribution in [0.25, 0.3) is 0 Å². The van der Waals surface area contributed by atoms with Crippen LogP contribution in [0.5, 0.6) is 5.75 Å². The molecule has 8 heteroatoms. The van der Waals surface area contributed by atoms with Crippen molar-refractivity contribution in [3.8, 4) is 5.75 Å². The van der Waals surface area contributed by atoms with E-state index in [1.165, 1.54) is 12.1 Å². The first-order valence-corrected chi connectivity index (χ1v) is 12.6. The van der Waals surface area contributed by atoms with Gasteiger partial charge in [-0.25, -0.2) is 0 Å². The summed E-state index contributed by atoms with van der Waals surface area (Å²) < 4.78 is 2.10. The Balaban J connectivity index is 1.63. The smallest absolute Gasteiger partial charge is 0.269 e. The monoisotopic (exact) mass is 512 g/mol. The molecule has 1 N–H and O–H groups in total. The molecule has 4 rings (SSSR count). The number of hydrogen-bond donors (Lipinski definition) is 1. The zero-order valence-corrected chi connectivity index (χ0v) is 22.1. The fraction of sp³-hybridized carbons (Fsp3) is 0.267. The highest BCUT2D eigenvalue weighted by atomic mass is 16.6. The Kier molecular flexibility index (Phi) is 8.21. The van der Waals surface area contributed by atoms with Crippen molar-refractivity contribution >= 4 is 17.7 Å². The number of carbonyl (C=O) groups is 1. The maximum absolute atomic E-state index is 13.5. The number of non-ortho nitro benzene ring substituents is 1. The predicted octanol–water partition coefficient (Wildman–Crippen LogP) is 6.74. The number of rotatable bonds is 11. The zero-order chi connectivity index (χ0) is 27.2. The number of aryl methyl sites for hydroxylation is 3. The minimum Gasteiger partial charge on any atom is -0.361 e. The van der Waals surface area contributed by atoms with Gasteiger partial charge in [0.15, 0.2) is 11.5 Å². The van der Waals surface area contributed by atoms with Gasteiger partial charge in [-0.3, -0.25) is 14.9 Å². The second-order valence-electron chi connectivity index (χ2n) is 9.76. The summed E-state index contributed by atoms with van der Waals surface area (Å²) in [4.78, 5) is 33.1. The highest BCUT2D eigenvalue weighted by Gasteiger charge is 2.22. The largest absolute Gasteiger partial charge is 0.361 e. The van der Waals surface area contributed by atoms with Crippen LogP contribution in [0, 0.1) is 24.0 Å². The number of carbonyl (C=O) groups excluding carboxylic acids is 1. The number of aromatic amines is 1. The average Bonchev–Trinajstić information content (AvgIpc) is 3.47. The third-order valence-corrected chi connectivity index (χ3v) is 6.36. The molecule has 0 fully saturated rings. The maximum atomic E-state index is 13.5. The van der Waals surface area contributed by atoms with Gasteiger partial charge in [0.2, 0.25) is 0 Å². The van der Waals surface area contributed by atoms with E-state index in [2.05, 4.69) is 28.6 Å². The Labute approximate surface area is 222 Å². The number of hydrogen-bond acceptors (Lipinski definition) is 5. The summed E-state index contributed by atoms with van der Waals surface area (Å²) in [6.45, 7) is 8.68. The van der Waals surface area contributed by atoms with Gasteiger partial charge < -0.3 is 14.4 Å². The van der Waals surface area contributed by atoms with Crippen molar-refractivity contribution in [2.24, 2.45) is 5.16 Å². The first kappa shape index (κ1) is 26.6. The molecular formula is C30H32N4O4. The van der Waals surface area contributed by atoms with E-state index < -0.39 is 4.92 Å². The molecule has 0 aliphatic rings. The van der Waals surface area contributed by atoms with Gasteiger partial charge in [-0.15, -0.1) is 0 Å². The van der Waals surface area contributed by atoms with Crippen molar-refractivity contribution in [1.82, 2.24) is 9.55 Å². The normalized spacial score (nSPS) is 11.4. The summed E-state index contributed by atoms with van der Waals surface area (Å²) >= 11 is 0. The Morgan fingerprint density at radius 3 is 2.53 bits per heavy atom. The minimum absolute atomic E-state index is 0.0178. The molecule has 38 heavy (non-hydrogen) atoms. The third-order valence-electron chi connectivity index (χ3n) is 6.36. The van der Waals surface area contributed by atoms with Crippen molar-refractivity contribution in [2.45, 2.75) is 53.0 Å². The summed E-state index contributed by atoms with van der Waals surface area (Å²) in [6.07, 6.45) is 2.29. The molecule has 0 aliphatic carbocycles. The highest BCUT2D eigenvalue weighted by Crippen LogP contribution is 2.27. The summed E-state index contributed by atoms with van der Waals surface area (Å²) in [6, 6.07) is 20.0. The second kappa shape index (κ2) is 11.7. The van der Waals surface area contributed by atoms with E-state index in [1.54, 1.807) is 12.3 Å². The van der Waals surface area contributed by atoms with Gasteiger partial charge in [-0.2, -0.15) is 0 Å². The molecule has 196 valence electrons. The number of oxime groups is 1. The topological polar surface area (TPSA) is 103 Å². The minimum atomic E-state index is -0.422. The van der Waals surface area contributed by atoms with E-state index in [9.17, 15) is 14.9 Å². The lowest BCUT2D eigenvalue weighted by atomic mass is 9.98. The zero-order valence-electron chi connectivity index (χ0n) is 22.1. The molecule has 4 aromatic rings. The molecule has 0 atom stereocenters. The second-order valence-corrected chi connectivity index (χ2v) is 9.76. The lowest BCUT2D eigenvalue weighted by Gasteiger charge is -2.15. The Morgan fingerprint density at radius 2 is 1.87 bits per heavy atom. The molecule has 0 unspecified atom stereocenters. The van der Waals surface area contributed by atoms with E-state index in [1.807, 2.05) is 62.4 Å². The first-order valence-electron chi connectivity index (χ1n) is 12.6. The van der Waals surface area contributed by atoms with Gasteiger partial charge in [0, 0.05) is 41.2 Å². The first-order chi connectivity index (χ1) is 18.2. The van der Waals surface area contributed by atoms with Crippen LogP contribution in [0.15, 0.2) is 71.9 Å². The SMILES string of the molecule is Cc1ccc(O/N=C/c2cc(C(=O)CCc3cccc([N+](=O)[O-])c3)c(C(C)C)n2Cc2ccc(C)[nH]2)cc1. The van der Waals surface area contributed by atoms with E-state index in [4.69, 9.17) is 4.84 Å². The number of nitrogens with one attached hydrogen (secondary N) is 1. The maximum Gasteiger partial charge on any atom is 0.269 e. The number of H-pyrrole nitrogens is 1. The molecule has 0 radical (unpaired) electrons. The summed E-state index contributed by atoms with van der Waals surface area (Å²) in [5.41, 5.74) is 6.29. The van der Waals surface area contributed by atoms with E-state index in [0.717, 1.165) is 33.9 Å². The molecule has 0 bridgehead atoms. The van der Waals surface area contributed by atoms with Crippen LogP contribution in [-0.2, 0) is 13.0 Å². The van der Waals surface area contributed by atoms with Crippen LogP contribution in [-0.4, -0.2) is 26.5 Å². The molecule has 0 saturated heterocycles. The van der Waals surface area contributed by atoms with Crippen molar-refractivity contribution in [3.05, 3.63) is 116 Å². The van der Waals surface area contributed by atoms with Gasteiger partial charge in [0.05, 0.1) is 23.4 Å². The van der Waals surface area contributed by atoms with Crippen LogP contribution >= 0.6 is 0 Å². The number of benzene rings is 2. The van der Waals surface area contributed by atoms with Gasteiger partial charge in [-0.05, 0) is 62.1 Å². The van der Waals surface area contributed by atoms with Gasteiger partial charge >= 0.3 is 0 Å². The van der Waals surface area contributed by atoms with Gasteiger partial charge in [0.25, 0.3) is 5.69 Å². The number of nitrogens with zero attached hydrogens (tertiary/aromatic N) is 3. The van der Waals surface area contributed by atoms with Gasteiger partial charge in [0.1, 0.15) is 0 Å². The van der Waals surface area contributed by atoms with E-state index in [0.29, 0.717) is 24.3 Å². The van der Waals surface area contributed by atoms with E-state index in [-0.39, 0.29) is 23.8 Å². The Hall–Kier alpha value is -4.46. The molecule has 0 spiro atoms. The molecule has 8 nitrogen and oxygen atoms in total. The number of nitro groups is 1. The predicted molar refractivity (Wildman–Crippen MR) is 148 cm³/mol. The van der Waals surface area contributed by atoms with E-state index >= 15 is 0 Å². The molecule has 0 aliphatic heterocycles. The lowest BCUT2D eigenvalue weighted by Crippen LogP contribution is -2.12. The number of ketones is 1. The van der Waals surface area contributed by atoms with Crippen LogP contribution in [0.1, 0.15) is 70.4 Å². The molecular weight excluding hydrogens is 480 g/mol. The quantitative estimate of drug-likeness (QED) is 0.104. The Morgan fingerprint density at radius 1 is 1.11 bits per heavy atom. The third kappa shape index (κ3) is 6.45. The summed E-state index contributed by atoms with van der Waals surface area (Å²) in [5.74, 6) is 0.681. The fourth-order valence-corrected chi connectivity index (χ4v) is 4.50. The number of nitro benzene ring substituents is 1. The lowest BCUT2D eigenvalue weighted by molar-refractivity contribution is -0.384. The number of Topliss-reactive ketones (excluding diaryl/α,β-unsaturated/α-hetero) is 1. The van der Waals surface area contributed by atoms with Crippen LogP contribution in [0.3, 0.4) is 0 Å². The van der Waals surface area contributed by atoms with Crippen molar-refractivity contribution < 1.29 is 14.6 Å². The number of aromatic nitrogens is 2. The Bertz CT molecular complexity index is 1460. The molecule has 2 aromatic carbocycles. The molecule has 2 aromatic heterocycles. The van der Waals surface area contributed by atoms with Crippen molar-refractivity contribution in [3.63, 3.8) is 0 Å². The summed E-state index contributed by atoms with van der Waals surface area (Å²) in [5, 5.41) is 15.3. The standard InChI is InChI=1S/C30H32N4O4/c1-20(2)30-28(29(35)15-11-23-6-5-7-25(16-23)34(36)37)17-26(33(30)19-24-12-10-22(4)32-24)18-31-38-27-13-8-21(3)9-14-27/h5-10,12-14,16-18,20,32H,11,15,19H2,1-4H3/b31-18+. The average molecular weight is 513 g/mol. The highest BCUT2D eigenvalue weighted by molar-refractivity contribution is 5.99. The van der Waals surface area contributed by atoms with Crippen LogP contribution in [0.4, 0.5) is 5.69 Å². The fourth-order valence-electron chi connectivity index (χ4n) is 4.50. The van der Waals surface area contributed by atoms with Gasteiger partial charge in [-0.1, -0.05) is 48.8 Å². The molecule has 0 saturated carbocycles. The molecule has 0 amide bonds. The van der Waals surface area contributed by atoms with Crippen molar-refractivity contribution in [2.75, 3.05) is 0 Å².